The molecule has 2 aliphatic rings. The van der Waals surface area contributed by atoms with Gasteiger partial charge in [-0.05, 0) is 25.3 Å². The van der Waals surface area contributed by atoms with Crippen LogP contribution in [0.15, 0.2) is 30.3 Å². The fourth-order valence-corrected chi connectivity index (χ4v) is 3.75. The molecule has 1 aliphatic heterocycles. The molecule has 1 N–H and O–H groups in total. The normalized spacial score (nSPS) is 20.7. The van der Waals surface area contributed by atoms with Gasteiger partial charge in [-0.1, -0.05) is 30.3 Å². The summed E-state index contributed by atoms with van der Waals surface area (Å²) in [5.74, 6) is 1.09. The summed E-state index contributed by atoms with van der Waals surface area (Å²) in [6.45, 7) is 2.96. The van der Waals surface area contributed by atoms with Crippen LogP contribution in [0.2, 0.25) is 0 Å². The van der Waals surface area contributed by atoms with Crippen molar-refractivity contribution in [2.45, 2.75) is 37.8 Å². The van der Waals surface area contributed by atoms with Gasteiger partial charge in [0.15, 0.2) is 11.9 Å². The largest absolute Gasteiger partial charge is 0.357 e. The molecule has 4 rings (SSSR count). The number of likely N-dealkylation sites (N-methyl/N-ethyl adjacent to an activating group) is 1. The van der Waals surface area contributed by atoms with Crippen molar-refractivity contribution in [1.82, 2.24) is 25.0 Å². The van der Waals surface area contributed by atoms with Crippen LogP contribution in [0.4, 0.5) is 0 Å². The molecule has 1 aromatic carbocycles. The molecular weight excluding hydrogens is 318 g/mol. The number of rotatable bonds is 3. The predicted molar refractivity (Wildman–Crippen MR) is 90.6 cm³/mol. The Labute approximate surface area is 146 Å². The van der Waals surface area contributed by atoms with Crippen molar-refractivity contribution in [3.05, 3.63) is 47.5 Å². The summed E-state index contributed by atoms with van der Waals surface area (Å²) >= 11 is 0. The van der Waals surface area contributed by atoms with Gasteiger partial charge in [-0.25, -0.2) is 0 Å². The molecule has 2 aromatic rings. The van der Waals surface area contributed by atoms with Crippen LogP contribution in [-0.2, 0) is 21.5 Å². The average molecular weight is 339 g/mol. The second kappa shape index (κ2) is 5.68. The maximum atomic E-state index is 13.4. The van der Waals surface area contributed by atoms with Gasteiger partial charge in [0.25, 0.3) is 5.91 Å². The molecule has 2 heterocycles. The fraction of sp³-hybridized carbons (Fsp3) is 0.444. The lowest BCUT2D eigenvalue weighted by Crippen LogP contribution is -2.51. The van der Waals surface area contributed by atoms with Crippen LogP contribution in [0.3, 0.4) is 0 Å². The summed E-state index contributed by atoms with van der Waals surface area (Å²) in [4.78, 5) is 27.7. The second-order valence-electron chi connectivity index (χ2n) is 6.72. The van der Waals surface area contributed by atoms with E-state index in [-0.39, 0.29) is 11.8 Å². The van der Waals surface area contributed by atoms with Crippen LogP contribution in [0, 0.1) is 6.92 Å². The summed E-state index contributed by atoms with van der Waals surface area (Å²) in [6, 6.07) is 9.12. The molecular formula is C18H21N5O2. The molecule has 1 atom stereocenters. The van der Waals surface area contributed by atoms with Crippen LogP contribution in [0.25, 0.3) is 0 Å². The Morgan fingerprint density at radius 2 is 1.88 bits per heavy atom. The Bertz CT molecular complexity index is 825. The number of nitrogens with one attached hydrogen (secondary N) is 1. The van der Waals surface area contributed by atoms with Gasteiger partial charge in [-0.15, -0.1) is 10.2 Å². The van der Waals surface area contributed by atoms with Crippen LogP contribution in [0.5, 0.6) is 0 Å². The highest BCUT2D eigenvalue weighted by Crippen LogP contribution is 2.50. The Balaban J connectivity index is 1.72. The van der Waals surface area contributed by atoms with Gasteiger partial charge in [0.1, 0.15) is 5.82 Å². The van der Waals surface area contributed by atoms with Gasteiger partial charge in [0.05, 0.1) is 5.41 Å². The zero-order valence-electron chi connectivity index (χ0n) is 14.4. The minimum absolute atomic E-state index is 0.0132. The second-order valence-corrected chi connectivity index (χ2v) is 6.72. The summed E-state index contributed by atoms with van der Waals surface area (Å²) < 4.78 is 1.92. The van der Waals surface area contributed by atoms with Gasteiger partial charge in [0.2, 0.25) is 5.91 Å². The highest BCUT2D eigenvalue weighted by Gasteiger charge is 2.55. The Kier molecular flexibility index (Phi) is 3.59. The van der Waals surface area contributed by atoms with Gasteiger partial charge < -0.3 is 14.8 Å². The molecule has 130 valence electrons. The minimum Gasteiger partial charge on any atom is -0.357 e. The van der Waals surface area contributed by atoms with Crippen molar-refractivity contribution in [1.29, 1.82) is 0 Å². The lowest BCUT2D eigenvalue weighted by molar-refractivity contribution is -0.144. The quantitative estimate of drug-likeness (QED) is 0.903. The smallest absolute Gasteiger partial charge is 0.250 e. The number of carbonyl (C=O) groups excluding carboxylic acids is 2. The van der Waals surface area contributed by atoms with Crippen LogP contribution < -0.4 is 5.32 Å². The maximum absolute atomic E-state index is 13.4. The van der Waals surface area contributed by atoms with E-state index < -0.39 is 11.5 Å². The highest BCUT2D eigenvalue weighted by molar-refractivity contribution is 5.95. The summed E-state index contributed by atoms with van der Waals surface area (Å²) in [5, 5.41) is 10.9. The fourth-order valence-electron chi connectivity index (χ4n) is 3.75. The average Bonchev–Trinajstić information content (AvgIpc) is 3.39. The van der Waals surface area contributed by atoms with Crippen molar-refractivity contribution in [3.8, 4) is 0 Å². The molecule has 0 saturated heterocycles. The van der Waals surface area contributed by atoms with Gasteiger partial charge >= 0.3 is 0 Å². The minimum atomic E-state index is -0.728. The summed E-state index contributed by atoms with van der Waals surface area (Å²) in [5.41, 5.74) is 0.531. The van der Waals surface area contributed by atoms with E-state index in [0.29, 0.717) is 18.9 Å². The first-order chi connectivity index (χ1) is 12.1. The molecule has 7 nitrogen and oxygen atoms in total. The number of aromatic nitrogens is 3. The predicted octanol–water partition coefficient (Wildman–Crippen LogP) is 0.948. The molecule has 1 aliphatic carbocycles. The SMILES string of the molecule is CNC(=O)C1c2nnc(C)n2CCN1C(=O)C1(c2ccccc2)CC1. The van der Waals surface area contributed by atoms with E-state index in [9.17, 15) is 9.59 Å². The number of hydrogen-bond acceptors (Lipinski definition) is 4. The number of aryl methyl sites for hydroxylation is 1. The van der Waals surface area contributed by atoms with E-state index in [1.165, 1.54) is 0 Å². The van der Waals surface area contributed by atoms with E-state index in [1.807, 2.05) is 41.8 Å². The number of hydrogen-bond donors (Lipinski definition) is 1. The Morgan fingerprint density at radius 3 is 2.52 bits per heavy atom. The molecule has 0 radical (unpaired) electrons. The molecule has 7 heteroatoms. The summed E-state index contributed by atoms with van der Waals surface area (Å²) in [7, 11) is 1.58. The van der Waals surface area contributed by atoms with E-state index in [2.05, 4.69) is 15.5 Å². The van der Waals surface area contributed by atoms with E-state index in [1.54, 1.807) is 11.9 Å². The number of nitrogens with zero attached hydrogens (tertiary/aromatic N) is 4. The molecule has 0 bridgehead atoms. The van der Waals surface area contributed by atoms with Crippen LogP contribution in [-0.4, -0.2) is 45.1 Å². The zero-order valence-corrected chi connectivity index (χ0v) is 14.4. The lowest BCUT2D eigenvalue weighted by Gasteiger charge is -2.37. The third-order valence-corrected chi connectivity index (χ3v) is 5.33. The topological polar surface area (TPSA) is 80.1 Å². The Hall–Kier alpha value is -2.70. The van der Waals surface area contributed by atoms with Crippen molar-refractivity contribution in [3.63, 3.8) is 0 Å². The number of amides is 2. The molecule has 1 aromatic heterocycles. The maximum Gasteiger partial charge on any atom is 0.250 e. The third kappa shape index (κ3) is 2.33. The standard InChI is InChI=1S/C18H21N5O2/c1-12-20-21-15-14(16(24)19-2)23(11-10-22(12)15)17(25)18(8-9-18)13-6-4-3-5-7-13/h3-7,14H,8-11H2,1-2H3,(H,19,24). The first-order valence-corrected chi connectivity index (χ1v) is 8.56. The van der Waals surface area contributed by atoms with Crippen molar-refractivity contribution in [2.75, 3.05) is 13.6 Å². The van der Waals surface area contributed by atoms with E-state index in [4.69, 9.17) is 0 Å². The number of fused-ring (bicyclic) bond motifs is 1. The summed E-state index contributed by atoms with van der Waals surface area (Å²) in [6.07, 6.45) is 1.64. The molecule has 25 heavy (non-hydrogen) atoms. The van der Waals surface area contributed by atoms with Gasteiger partial charge in [-0.3, -0.25) is 9.59 Å². The zero-order chi connectivity index (χ0) is 17.6. The van der Waals surface area contributed by atoms with Crippen molar-refractivity contribution < 1.29 is 9.59 Å². The molecule has 2 amide bonds. The molecule has 1 saturated carbocycles. The Morgan fingerprint density at radius 1 is 1.16 bits per heavy atom. The van der Waals surface area contributed by atoms with Crippen LogP contribution >= 0.6 is 0 Å². The number of benzene rings is 1. The first-order valence-electron chi connectivity index (χ1n) is 8.56. The highest BCUT2D eigenvalue weighted by atomic mass is 16.2. The van der Waals surface area contributed by atoms with Crippen LogP contribution in [0.1, 0.15) is 36.1 Å². The molecule has 0 spiro atoms. The third-order valence-electron chi connectivity index (χ3n) is 5.33. The van der Waals surface area contributed by atoms with Gasteiger partial charge in [-0.2, -0.15) is 0 Å². The lowest BCUT2D eigenvalue weighted by atomic mass is 9.93. The molecule has 1 fully saturated rings. The van der Waals surface area contributed by atoms with Crippen molar-refractivity contribution >= 4 is 11.8 Å². The van der Waals surface area contributed by atoms with E-state index in [0.717, 1.165) is 24.2 Å². The number of carbonyl (C=O) groups is 2. The first kappa shape index (κ1) is 15.8. The molecule has 1 unspecified atom stereocenters. The monoisotopic (exact) mass is 339 g/mol. The van der Waals surface area contributed by atoms with Gasteiger partial charge in [0, 0.05) is 20.1 Å². The van der Waals surface area contributed by atoms with E-state index >= 15 is 0 Å². The van der Waals surface area contributed by atoms with Crippen molar-refractivity contribution in [2.24, 2.45) is 0 Å².